The lowest BCUT2D eigenvalue weighted by molar-refractivity contribution is -0.130. The number of amides is 2. The summed E-state index contributed by atoms with van der Waals surface area (Å²) in [5.41, 5.74) is 4.19. The van der Waals surface area contributed by atoms with E-state index in [0.717, 1.165) is 60.7 Å². The van der Waals surface area contributed by atoms with Crippen LogP contribution in [0, 0.1) is 18.3 Å². The number of pyridine rings is 1. The number of benzene rings is 1. The number of nitrogens with one attached hydrogen (secondary N) is 2. The highest BCUT2D eigenvalue weighted by Crippen LogP contribution is 2.59. The first-order valence-electron chi connectivity index (χ1n) is 11.6. The van der Waals surface area contributed by atoms with E-state index in [9.17, 15) is 9.59 Å². The van der Waals surface area contributed by atoms with E-state index in [1.165, 1.54) is 17.3 Å². The van der Waals surface area contributed by atoms with Crippen LogP contribution in [0.2, 0.25) is 0 Å². The second kappa shape index (κ2) is 9.17. The number of carbonyl (C=O) groups excluding carboxylic acids is 2. The molecule has 1 spiro atoms. The highest BCUT2D eigenvalue weighted by molar-refractivity contribution is 7.99. The lowest BCUT2D eigenvalue weighted by atomic mass is 9.90. The molecule has 2 fully saturated rings. The Kier molecular flexibility index (Phi) is 6.10. The Morgan fingerprint density at radius 3 is 2.88 bits per heavy atom. The number of imidazole rings is 1. The molecule has 2 N–H and O–H groups in total. The van der Waals surface area contributed by atoms with Gasteiger partial charge in [0.05, 0.1) is 16.8 Å². The highest BCUT2D eigenvalue weighted by atomic mass is 32.2. The van der Waals surface area contributed by atoms with Crippen molar-refractivity contribution in [3.8, 4) is 0 Å². The molecule has 0 unspecified atom stereocenters. The Balaban J connectivity index is 1.05. The minimum Gasteiger partial charge on any atom is -0.355 e. The smallest absolute Gasteiger partial charge is 0.233 e. The molecule has 2 aliphatic rings. The fraction of sp³-hybridized carbons (Fsp3) is 0.440. The monoisotopic (exact) mass is 463 g/mol. The van der Waals surface area contributed by atoms with Gasteiger partial charge >= 0.3 is 0 Å². The van der Waals surface area contributed by atoms with Crippen LogP contribution in [-0.4, -0.2) is 57.1 Å². The average molecular weight is 464 g/mol. The van der Waals surface area contributed by atoms with Crippen LogP contribution >= 0.6 is 11.8 Å². The summed E-state index contributed by atoms with van der Waals surface area (Å²) in [6, 6.07) is 11.9. The molecule has 7 nitrogen and oxygen atoms in total. The second-order valence-electron chi connectivity index (χ2n) is 9.21. The van der Waals surface area contributed by atoms with Gasteiger partial charge in [0.25, 0.3) is 0 Å². The van der Waals surface area contributed by atoms with Gasteiger partial charge in [-0.15, -0.1) is 0 Å². The maximum atomic E-state index is 12.7. The Hall–Kier alpha value is -2.87. The quantitative estimate of drug-likeness (QED) is 0.525. The Morgan fingerprint density at radius 2 is 2.09 bits per heavy atom. The lowest BCUT2D eigenvalue weighted by Gasteiger charge is -2.32. The van der Waals surface area contributed by atoms with Gasteiger partial charge in [-0.2, -0.15) is 0 Å². The number of hydrogen-bond donors (Lipinski definition) is 2. The third kappa shape index (κ3) is 4.90. The number of thioether (sulfide) groups is 1. The third-order valence-corrected chi connectivity index (χ3v) is 7.83. The normalized spacial score (nSPS) is 19.1. The van der Waals surface area contributed by atoms with Gasteiger partial charge in [0.15, 0.2) is 5.16 Å². The standard InChI is InChI=1S/C25H29N5O2S/c1-17-5-6-20-21(14-17)29-24(28-20)33-16-22(31)30-12-8-25(9-13-30)15-19(25)23(32)27-11-7-18-4-2-3-10-26-18/h2-6,10,14,19H,7-9,11-13,15-16H2,1H3,(H,27,32)(H,28,29)/t19-/m0/s1. The van der Waals surface area contributed by atoms with Crippen LogP contribution in [0.4, 0.5) is 0 Å². The SMILES string of the molecule is Cc1ccc2nc(SCC(=O)N3CCC4(CC3)C[C@H]4C(=O)NCCc3ccccn3)[nH]c2c1. The number of piperidine rings is 1. The molecule has 3 aromatic rings. The molecule has 2 aromatic heterocycles. The zero-order valence-electron chi connectivity index (χ0n) is 18.8. The minimum absolute atomic E-state index is 0.0897. The van der Waals surface area contributed by atoms with Crippen molar-refractivity contribution in [3.05, 3.63) is 53.9 Å². The summed E-state index contributed by atoms with van der Waals surface area (Å²) >= 11 is 1.45. The van der Waals surface area contributed by atoms with Crippen molar-refractivity contribution < 1.29 is 9.59 Å². The van der Waals surface area contributed by atoms with Crippen molar-refractivity contribution in [1.29, 1.82) is 0 Å². The van der Waals surface area contributed by atoms with E-state index in [2.05, 4.69) is 33.3 Å². The maximum Gasteiger partial charge on any atom is 0.233 e. The van der Waals surface area contributed by atoms with Crippen molar-refractivity contribution >= 4 is 34.6 Å². The molecule has 1 saturated carbocycles. The molecule has 1 aliphatic carbocycles. The zero-order valence-corrected chi connectivity index (χ0v) is 19.7. The number of fused-ring (bicyclic) bond motifs is 1. The number of aromatic nitrogens is 3. The maximum absolute atomic E-state index is 12.7. The third-order valence-electron chi connectivity index (χ3n) is 6.97. The van der Waals surface area contributed by atoms with Crippen LogP contribution in [0.1, 0.15) is 30.5 Å². The van der Waals surface area contributed by atoms with Crippen LogP contribution in [0.15, 0.2) is 47.8 Å². The lowest BCUT2D eigenvalue weighted by Crippen LogP contribution is -2.41. The molecule has 172 valence electrons. The molecule has 5 rings (SSSR count). The molecular formula is C25H29N5O2S. The second-order valence-corrected chi connectivity index (χ2v) is 10.2. The Labute approximate surface area is 197 Å². The largest absolute Gasteiger partial charge is 0.355 e. The molecule has 1 aromatic carbocycles. The Morgan fingerprint density at radius 1 is 1.24 bits per heavy atom. The molecule has 1 atom stereocenters. The summed E-state index contributed by atoms with van der Waals surface area (Å²) in [4.78, 5) is 39.5. The van der Waals surface area contributed by atoms with Gasteiger partial charge in [0.1, 0.15) is 0 Å². The summed E-state index contributed by atoms with van der Waals surface area (Å²) in [6.45, 7) is 4.13. The van der Waals surface area contributed by atoms with Crippen molar-refractivity contribution in [1.82, 2.24) is 25.2 Å². The van der Waals surface area contributed by atoms with Crippen LogP contribution in [0.25, 0.3) is 11.0 Å². The number of H-pyrrole nitrogens is 1. The number of rotatable bonds is 7. The van der Waals surface area contributed by atoms with Gasteiger partial charge in [-0.25, -0.2) is 4.98 Å². The van der Waals surface area contributed by atoms with Crippen molar-refractivity contribution in [2.45, 2.75) is 37.8 Å². The van der Waals surface area contributed by atoms with Crippen LogP contribution < -0.4 is 5.32 Å². The van der Waals surface area contributed by atoms with Crippen LogP contribution in [-0.2, 0) is 16.0 Å². The number of aromatic amines is 1. The molecule has 0 bridgehead atoms. The van der Waals surface area contributed by atoms with Crippen molar-refractivity contribution in [3.63, 3.8) is 0 Å². The summed E-state index contributed by atoms with van der Waals surface area (Å²) in [6.07, 6.45) is 5.28. The summed E-state index contributed by atoms with van der Waals surface area (Å²) in [5, 5.41) is 3.86. The summed E-state index contributed by atoms with van der Waals surface area (Å²) in [5.74, 6) is 0.764. The topological polar surface area (TPSA) is 91.0 Å². The molecular weight excluding hydrogens is 434 g/mol. The molecule has 1 aliphatic heterocycles. The average Bonchev–Trinajstić information content (AvgIpc) is 3.37. The van der Waals surface area contributed by atoms with Gasteiger partial charge in [0.2, 0.25) is 11.8 Å². The van der Waals surface area contributed by atoms with Gasteiger partial charge < -0.3 is 15.2 Å². The van der Waals surface area contributed by atoms with Crippen LogP contribution in [0.5, 0.6) is 0 Å². The van der Waals surface area contributed by atoms with Gasteiger partial charge in [-0.1, -0.05) is 23.9 Å². The van der Waals surface area contributed by atoms with Gasteiger partial charge in [-0.05, 0) is 61.4 Å². The van der Waals surface area contributed by atoms with E-state index in [4.69, 9.17) is 0 Å². The van der Waals surface area contributed by atoms with Crippen molar-refractivity contribution in [2.75, 3.05) is 25.4 Å². The predicted octanol–water partition coefficient (Wildman–Crippen LogP) is 3.35. The molecule has 1 saturated heterocycles. The molecule has 3 heterocycles. The number of carbonyl (C=O) groups is 2. The van der Waals surface area contributed by atoms with E-state index in [1.807, 2.05) is 35.2 Å². The zero-order chi connectivity index (χ0) is 22.8. The van der Waals surface area contributed by atoms with Crippen LogP contribution in [0.3, 0.4) is 0 Å². The minimum atomic E-state index is 0.0897. The van der Waals surface area contributed by atoms with E-state index in [-0.39, 0.29) is 23.1 Å². The van der Waals surface area contributed by atoms with E-state index < -0.39 is 0 Å². The number of likely N-dealkylation sites (tertiary alicyclic amines) is 1. The highest BCUT2D eigenvalue weighted by Gasteiger charge is 2.58. The molecule has 0 radical (unpaired) electrons. The predicted molar refractivity (Wildman–Crippen MR) is 129 cm³/mol. The summed E-state index contributed by atoms with van der Waals surface area (Å²) in [7, 11) is 0. The van der Waals surface area contributed by atoms with Crippen molar-refractivity contribution in [2.24, 2.45) is 11.3 Å². The fourth-order valence-corrected chi connectivity index (χ4v) is 5.63. The first-order chi connectivity index (χ1) is 16.0. The van der Waals surface area contributed by atoms with E-state index >= 15 is 0 Å². The number of hydrogen-bond acceptors (Lipinski definition) is 5. The molecule has 8 heteroatoms. The molecule has 33 heavy (non-hydrogen) atoms. The van der Waals surface area contributed by atoms with E-state index in [1.54, 1.807) is 6.20 Å². The van der Waals surface area contributed by atoms with E-state index in [0.29, 0.717) is 12.3 Å². The van der Waals surface area contributed by atoms with Gasteiger partial charge in [-0.3, -0.25) is 14.6 Å². The Bertz CT molecular complexity index is 1150. The number of nitrogens with zero attached hydrogens (tertiary/aromatic N) is 3. The first kappa shape index (κ1) is 21.9. The molecule has 2 amide bonds. The summed E-state index contributed by atoms with van der Waals surface area (Å²) < 4.78 is 0. The first-order valence-corrected chi connectivity index (χ1v) is 12.6. The fourth-order valence-electron chi connectivity index (χ4n) is 4.85. The van der Waals surface area contributed by atoms with Gasteiger partial charge in [0, 0.05) is 43.9 Å². The number of aryl methyl sites for hydroxylation is 1.